The first kappa shape index (κ1) is 15.9. The van der Waals surface area contributed by atoms with Gasteiger partial charge in [0.05, 0.1) is 5.69 Å². The third-order valence-electron chi connectivity index (χ3n) is 5.14. The monoisotopic (exact) mass is 337 g/mol. The van der Waals surface area contributed by atoms with E-state index in [0.29, 0.717) is 12.3 Å². The van der Waals surface area contributed by atoms with E-state index in [4.69, 9.17) is 4.42 Å². The molecular weight excluding hydrogens is 314 g/mol. The van der Waals surface area contributed by atoms with Crippen molar-refractivity contribution in [2.75, 3.05) is 13.1 Å². The number of fused-ring (bicyclic) bond motifs is 1. The van der Waals surface area contributed by atoms with Crippen molar-refractivity contribution in [2.24, 2.45) is 7.05 Å². The first-order valence-electron chi connectivity index (χ1n) is 8.82. The van der Waals surface area contributed by atoms with Crippen LogP contribution in [0.25, 0.3) is 11.0 Å². The van der Waals surface area contributed by atoms with Gasteiger partial charge >= 0.3 is 0 Å². The maximum Gasteiger partial charge on any atom is 0.289 e. The summed E-state index contributed by atoms with van der Waals surface area (Å²) in [5, 5.41) is 1.01. The first-order chi connectivity index (χ1) is 12.0. The molecule has 1 aliphatic heterocycles. The van der Waals surface area contributed by atoms with Crippen molar-refractivity contribution in [3.63, 3.8) is 0 Å². The fourth-order valence-corrected chi connectivity index (χ4v) is 3.91. The van der Waals surface area contributed by atoms with Gasteiger partial charge in [0.2, 0.25) is 0 Å². The Labute approximate surface area is 147 Å². The molecule has 1 atom stereocenters. The van der Waals surface area contributed by atoms with Crippen molar-refractivity contribution < 1.29 is 9.21 Å². The molecule has 5 heteroatoms. The summed E-state index contributed by atoms with van der Waals surface area (Å²) in [4.78, 5) is 19.6. The zero-order valence-corrected chi connectivity index (χ0v) is 15.0. The van der Waals surface area contributed by atoms with Gasteiger partial charge in [-0.1, -0.05) is 18.2 Å². The molecule has 1 saturated heterocycles. The number of hydrogen-bond acceptors (Lipinski definition) is 3. The van der Waals surface area contributed by atoms with Gasteiger partial charge in [-0.2, -0.15) is 0 Å². The number of para-hydroxylation sites is 1. The van der Waals surface area contributed by atoms with Crippen molar-refractivity contribution in [3.8, 4) is 0 Å². The normalized spacial score (nSPS) is 18.0. The molecule has 0 aliphatic carbocycles. The lowest BCUT2D eigenvalue weighted by Gasteiger charge is -2.32. The minimum Gasteiger partial charge on any atom is -0.451 e. The number of carbonyl (C=O) groups is 1. The van der Waals surface area contributed by atoms with Crippen molar-refractivity contribution in [1.29, 1.82) is 0 Å². The number of furan rings is 1. The van der Waals surface area contributed by atoms with Gasteiger partial charge in [-0.05, 0) is 32.8 Å². The summed E-state index contributed by atoms with van der Waals surface area (Å²) in [6, 6.07) is 7.81. The number of aromatic nitrogens is 2. The number of amides is 1. The first-order valence-corrected chi connectivity index (χ1v) is 8.82. The van der Waals surface area contributed by atoms with Crippen LogP contribution in [0.3, 0.4) is 0 Å². The Morgan fingerprint density at radius 3 is 2.80 bits per heavy atom. The molecule has 1 amide bonds. The fourth-order valence-electron chi connectivity index (χ4n) is 3.91. The van der Waals surface area contributed by atoms with E-state index in [2.05, 4.69) is 9.55 Å². The van der Waals surface area contributed by atoms with Gasteiger partial charge in [-0.3, -0.25) is 4.79 Å². The third kappa shape index (κ3) is 2.73. The van der Waals surface area contributed by atoms with Crippen LogP contribution in [0.2, 0.25) is 0 Å². The minimum absolute atomic E-state index is 0.00988. The van der Waals surface area contributed by atoms with Gasteiger partial charge in [0.25, 0.3) is 5.91 Å². The highest BCUT2D eigenvalue weighted by Crippen LogP contribution is 2.30. The van der Waals surface area contributed by atoms with Gasteiger partial charge in [0, 0.05) is 43.2 Å². The van der Waals surface area contributed by atoms with E-state index in [-0.39, 0.29) is 11.8 Å². The molecule has 0 N–H and O–H groups in total. The summed E-state index contributed by atoms with van der Waals surface area (Å²) in [5.41, 5.74) is 2.72. The Kier molecular flexibility index (Phi) is 3.86. The molecule has 2 aromatic heterocycles. The Balaban J connectivity index is 1.61. The molecule has 5 nitrogen and oxygen atoms in total. The van der Waals surface area contributed by atoms with E-state index in [1.807, 2.05) is 56.3 Å². The second-order valence-corrected chi connectivity index (χ2v) is 6.99. The number of hydrogen-bond donors (Lipinski definition) is 0. The average Bonchev–Trinajstić information content (AvgIpc) is 3.14. The van der Waals surface area contributed by atoms with Gasteiger partial charge in [-0.25, -0.2) is 4.98 Å². The van der Waals surface area contributed by atoms with Crippen LogP contribution >= 0.6 is 0 Å². The molecule has 3 aromatic rings. The van der Waals surface area contributed by atoms with Crippen LogP contribution in [-0.4, -0.2) is 33.4 Å². The van der Waals surface area contributed by atoms with Crippen molar-refractivity contribution in [1.82, 2.24) is 14.5 Å². The number of aryl methyl sites for hydroxylation is 3. The standard InChI is InChI=1S/C20H23N3O2/c1-13-11-22(3)19(21-13)15-7-6-10-23(12-15)20(24)18-14(2)16-8-4-5-9-17(16)25-18/h4-5,8-9,11,15H,6-7,10,12H2,1-3H3. The molecule has 0 bridgehead atoms. The van der Waals surface area contributed by atoms with E-state index < -0.39 is 0 Å². The molecule has 1 aliphatic rings. The second-order valence-electron chi connectivity index (χ2n) is 6.99. The SMILES string of the molecule is Cc1cn(C)c(C2CCCN(C(=O)c3oc4ccccc4c3C)C2)n1. The predicted molar refractivity (Wildman–Crippen MR) is 96.8 cm³/mol. The molecule has 1 unspecified atom stereocenters. The lowest BCUT2D eigenvalue weighted by atomic mass is 9.96. The van der Waals surface area contributed by atoms with Crippen molar-refractivity contribution in [3.05, 3.63) is 53.3 Å². The number of carbonyl (C=O) groups excluding carboxylic acids is 1. The number of rotatable bonds is 2. The molecule has 3 heterocycles. The quantitative estimate of drug-likeness (QED) is 0.714. The Bertz CT molecular complexity index is 938. The van der Waals surface area contributed by atoms with Gasteiger partial charge in [0.1, 0.15) is 11.4 Å². The largest absolute Gasteiger partial charge is 0.451 e. The van der Waals surface area contributed by atoms with E-state index in [1.54, 1.807) is 0 Å². The Morgan fingerprint density at radius 2 is 2.08 bits per heavy atom. The molecule has 25 heavy (non-hydrogen) atoms. The highest BCUT2D eigenvalue weighted by Gasteiger charge is 2.30. The van der Waals surface area contributed by atoms with Gasteiger partial charge < -0.3 is 13.9 Å². The Morgan fingerprint density at radius 1 is 1.28 bits per heavy atom. The molecule has 4 rings (SSSR count). The number of benzene rings is 1. The van der Waals surface area contributed by atoms with E-state index in [1.165, 1.54) is 0 Å². The number of likely N-dealkylation sites (tertiary alicyclic amines) is 1. The molecule has 0 saturated carbocycles. The maximum atomic E-state index is 13.1. The van der Waals surface area contributed by atoms with E-state index in [0.717, 1.165) is 47.4 Å². The smallest absolute Gasteiger partial charge is 0.289 e. The zero-order chi connectivity index (χ0) is 17.6. The summed E-state index contributed by atoms with van der Waals surface area (Å²) in [6.07, 6.45) is 4.09. The van der Waals surface area contributed by atoms with Crippen LogP contribution < -0.4 is 0 Å². The molecular formula is C20H23N3O2. The lowest BCUT2D eigenvalue weighted by molar-refractivity contribution is 0.0672. The minimum atomic E-state index is -0.00988. The highest BCUT2D eigenvalue weighted by molar-refractivity contribution is 5.99. The molecule has 130 valence electrons. The second kappa shape index (κ2) is 6.06. The van der Waals surface area contributed by atoms with Gasteiger partial charge in [-0.15, -0.1) is 0 Å². The van der Waals surface area contributed by atoms with E-state index >= 15 is 0 Å². The summed E-state index contributed by atoms with van der Waals surface area (Å²) < 4.78 is 7.95. The van der Waals surface area contributed by atoms with Crippen LogP contribution in [0.1, 0.15) is 46.4 Å². The predicted octanol–water partition coefficient (Wildman–Crippen LogP) is 3.80. The van der Waals surface area contributed by atoms with Crippen LogP contribution in [-0.2, 0) is 7.05 Å². The molecule has 0 spiro atoms. The van der Waals surface area contributed by atoms with Crippen LogP contribution in [0.15, 0.2) is 34.9 Å². The number of nitrogens with zero attached hydrogens (tertiary/aromatic N) is 3. The summed E-state index contributed by atoms with van der Waals surface area (Å²) in [6.45, 7) is 5.43. The summed E-state index contributed by atoms with van der Waals surface area (Å²) in [7, 11) is 2.03. The van der Waals surface area contributed by atoms with Gasteiger partial charge in [0.15, 0.2) is 5.76 Å². The molecule has 0 radical (unpaired) electrons. The third-order valence-corrected chi connectivity index (χ3v) is 5.14. The van der Waals surface area contributed by atoms with Crippen molar-refractivity contribution in [2.45, 2.75) is 32.6 Å². The average molecular weight is 337 g/mol. The fraction of sp³-hybridized carbons (Fsp3) is 0.400. The highest BCUT2D eigenvalue weighted by atomic mass is 16.3. The lowest BCUT2D eigenvalue weighted by Crippen LogP contribution is -2.39. The van der Waals surface area contributed by atoms with Crippen LogP contribution in [0.4, 0.5) is 0 Å². The Hall–Kier alpha value is -2.56. The van der Waals surface area contributed by atoms with Crippen LogP contribution in [0, 0.1) is 13.8 Å². The molecule has 1 aromatic carbocycles. The maximum absolute atomic E-state index is 13.1. The summed E-state index contributed by atoms with van der Waals surface area (Å²) in [5.74, 6) is 1.81. The van der Waals surface area contributed by atoms with Crippen molar-refractivity contribution >= 4 is 16.9 Å². The topological polar surface area (TPSA) is 51.3 Å². The van der Waals surface area contributed by atoms with E-state index in [9.17, 15) is 4.79 Å². The summed E-state index contributed by atoms with van der Waals surface area (Å²) >= 11 is 0. The molecule has 1 fully saturated rings. The number of piperidine rings is 1. The zero-order valence-electron chi connectivity index (χ0n) is 15.0. The number of imidazole rings is 1. The van der Waals surface area contributed by atoms with Crippen LogP contribution in [0.5, 0.6) is 0 Å².